The lowest BCUT2D eigenvalue weighted by atomic mass is 10.5. The number of rotatable bonds is 1. The molecule has 2 rings (SSSR count). The number of epoxide rings is 1. The minimum Gasteiger partial charge on any atom is -0.372 e. The smallest absolute Gasteiger partial charge is 0.0931 e. The van der Waals surface area contributed by atoms with E-state index < -0.39 is 0 Å². The number of hydrogen-bond donors (Lipinski definition) is 2. The molecule has 1 unspecified atom stereocenters. The fraction of sp³-hybridized carbons (Fsp3) is 0.429. The van der Waals surface area contributed by atoms with Crippen LogP contribution in [-0.2, 0) is 4.74 Å². The van der Waals surface area contributed by atoms with Gasteiger partial charge in [-0.05, 0) is 12.1 Å². The summed E-state index contributed by atoms with van der Waals surface area (Å²) in [6.45, 7) is 1.58. The van der Waals surface area contributed by atoms with E-state index in [1.54, 1.807) is 0 Å². The first-order valence-electron chi connectivity index (χ1n) is 3.33. The molecular formula is C7H12N2O. The van der Waals surface area contributed by atoms with Crippen molar-refractivity contribution in [2.75, 3.05) is 13.2 Å². The summed E-state index contributed by atoms with van der Waals surface area (Å²) < 4.78 is 4.73. The molecule has 1 atom stereocenters. The molecule has 2 heterocycles. The van der Waals surface area contributed by atoms with Crippen molar-refractivity contribution in [3.63, 3.8) is 0 Å². The van der Waals surface area contributed by atoms with Gasteiger partial charge in [-0.3, -0.25) is 0 Å². The highest BCUT2D eigenvalue weighted by atomic mass is 16.6. The first-order chi connectivity index (χ1) is 4.93. The van der Waals surface area contributed by atoms with Crippen LogP contribution in [-0.4, -0.2) is 24.2 Å². The molecule has 1 saturated heterocycles. The summed E-state index contributed by atoms with van der Waals surface area (Å²) in [5, 5.41) is 0. The van der Waals surface area contributed by atoms with Gasteiger partial charge in [0.2, 0.25) is 0 Å². The molecule has 1 aromatic rings. The molecule has 0 aromatic carbocycles. The Morgan fingerprint density at radius 2 is 2.10 bits per heavy atom. The zero-order valence-corrected chi connectivity index (χ0v) is 5.79. The van der Waals surface area contributed by atoms with Gasteiger partial charge in [0.05, 0.1) is 12.7 Å². The third kappa shape index (κ3) is 3.27. The second kappa shape index (κ2) is 4.09. The molecule has 1 aliphatic rings. The van der Waals surface area contributed by atoms with Gasteiger partial charge in [0.15, 0.2) is 0 Å². The Morgan fingerprint density at radius 3 is 2.20 bits per heavy atom. The van der Waals surface area contributed by atoms with E-state index in [1.165, 1.54) is 0 Å². The molecule has 1 aliphatic heterocycles. The quantitative estimate of drug-likeness (QED) is 0.553. The number of nitrogens with one attached hydrogen (secondary N) is 1. The monoisotopic (exact) mass is 140 g/mol. The largest absolute Gasteiger partial charge is 0.372 e. The van der Waals surface area contributed by atoms with Gasteiger partial charge in [0, 0.05) is 18.9 Å². The Morgan fingerprint density at radius 1 is 1.50 bits per heavy atom. The topological polar surface area (TPSA) is 54.3 Å². The van der Waals surface area contributed by atoms with Crippen molar-refractivity contribution in [3.8, 4) is 0 Å². The summed E-state index contributed by atoms with van der Waals surface area (Å²) in [5.41, 5.74) is 5.11. The minimum absolute atomic E-state index is 0.412. The van der Waals surface area contributed by atoms with E-state index in [-0.39, 0.29) is 0 Å². The van der Waals surface area contributed by atoms with Gasteiger partial charge in [-0.25, -0.2) is 0 Å². The van der Waals surface area contributed by atoms with Crippen LogP contribution in [0.2, 0.25) is 0 Å². The molecule has 0 bridgehead atoms. The van der Waals surface area contributed by atoms with Gasteiger partial charge in [-0.15, -0.1) is 0 Å². The Bertz CT molecular complexity index is 129. The van der Waals surface area contributed by atoms with Crippen molar-refractivity contribution < 1.29 is 4.74 Å². The van der Waals surface area contributed by atoms with Crippen molar-refractivity contribution in [1.29, 1.82) is 0 Å². The molecule has 1 fully saturated rings. The van der Waals surface area contributed by atoms with Crippen molar-refractivity contribution in [1.82, 2.24) is 4.98 Å². The van der Waals surface area contributed by atoms with Gasteiger partial charge in [-0.1, -0.05) is 0 Å². The van der Waals surface area contributed by atoms with Gasteiger partial charge in [-0.2, -0.15) is 0 Å². The van der Waals surface area contributed by atoms with Crippen LogP contribution in [0.5, 0.6) is 0 Å². The van der Waals surface area contributed by atoms with E-state index in [1.807, 2.05) is 24.5 Å². The lowest BCUT2D eigenvalue weighted by Crippen LogP contribution is -2.05. The third-order valence-corrected chi connectivity index (χ3v) is 1.16. The Labute approximate surface area is 60.2 Å². The van der Waals surface area contributed by atoms with Crippen LogP contribution in [0, 0.1) is 0 Å². The van der Waals surface area contributed by atoms with E-state index in [0.29, 0.717) is 12.6 Å². The van der Waals surface area contributed by atoms with E-state index in [4.69, 9.17) is 10.5 Å². The Kier molecular flexibility index (Phi) is 2.99. The minimum atomic E-state index is 0.412. The van der Waals surface area contributed by atoms with Crippen molar-refractivity contribution >= 4 is 0 Å². The maximum atomic E-state index is 5.11. The number of aromatic nitrogens is 1. The second-order valence-corrected chi connectivity index (χ2v) is 2.08. The van der Waals surface area contributed by atoms with E-state index in [2.05, 4.69) is 4.98 Å². The molecule has 0 spiro atoms. The molecule has 3 N–H and O–H groups in total. The lowest BCUT2D eigenvalue weighted by molar-refractivity contribution is 0.412. The molecule has 56 valence electrons. The average molecular weight is 140 g/mol. The van der Waals surface area contributed by atoms with Crippen LogP contribution in [0.25, 0.3) is 0 Å². The Hall–Kier alpha value is -0.800. The molecule has 0 aliphatic carbocycles. The normalized spacial score (nSPS) is 21.1. The molecule has 3 heteroatoms. The lowest BCUT2D eigenvalue weighted by Gasteiger charge is -1.71. The second-order valence-electron chi connectivity index (χ2n) is 2.08. The molecule has 3 nitrogen and oxygen atoms in total. The Balaban J connectivity index is 0.0000001000. The van der Waals surface area contributed by atoms with Gasteiger partial charge < -0.3 is 15.5 Å². The number of H-pyrrole nitrogens is 1. The molecule has 10 heavy (non-hydrogen) atoms. The highest BCUT2D eigenvalue weighted by molar-refractivity contribution is 4.84. The summed E-state index contributed by atoms with van der Waals surface area (Å²) in [6.07, 6.45) is 4.16. The average Bonchev–Trinajstić information content (AvgIpc) is 2.63. The number of hydrogen-bond acceptors (Lipinski definition) is 2. The first kappa shape index (κ1) is 7.31. The molecule has 1 aromatic heterocycles. The fourth-order valence-corrected chi connectivity index (χ4v) is 0.482. The zero-order valence-electron chi connectivity index (χ0n) is 5.79. The number of ether oxygens (including phenoxy) is 1. The highest BCUT2D eigenvalue weighted by Gasteiger charge is 2.18. The summed E-state index contributed by atoms with van der Waals surface area (Å²) in [7, 11) is 0. The SMILES string of the molecule is NCC1CO1.c1cc[nH]c1. The summed E-state index contributed by atoms with van der Waals surface area (Å²) in [4.78, 5) is 2.86. The van der Waals surface area contributed by atoms with Crippen molar-refractivity contribution in [3.05, 3.63) is 24.5 Å². The first-order valence-corrected chi connectivity index (χ1v) is 3.33. The summed E-state index contributed by atoms with van der Waals surface area (Å²) >= 11 is 0. The highest BCUT2D eigenvalue weighted by Crippen LogP contribution is 2.03. The van der Waals surface area contributed by atoms with E-state index in [9.17, 15) is 0 Å². The van der Waals surface area contributed by atoms with Crippen LogP contribution < -0.4 is 5.73 Å². The van der Waals surface area contributed by atoms with Crippen LogP contribution in [0.15, 0.2) is 24.5 Å². The van der Waals surface area contributed by atoms with Crippen LogP contribution >= 0.6 is 0 Å². The summed E-state index contributed by atoms with van der Waals surface area (Å²) in [5.74, 6) is 0. The standard InChI is InChI=1S/C4H5N.C3H7NO/c1-2-4-5-3-1;4-1-3-2-5-3/h1-5H;3H,1-2,4H2. The number of aromatic amines is 1. The summed E-state index contributed by atoms with van der Waals surface area (Å²) in [6, 6.07) is 3.89. The van der Waals surface area contributed by atoms with Gasteiger partial charge >= 0.3 is 0 Å². The fourth-order valence-electron chi connectivity index (χ4n) is 0.482. The van der Waals surface area contributed by atoms with Crippen LogP contribution in [0.3, 0.4) is 0 Å². The molecular weight excluding hydrogens is 128 g/mol. The maximum absolute atomic E-state index is 5.11. The molecule has 0 amide bonds. The van der Waals surface area contributed by atoms with Gasteiger partial charge in [0.25, 0.3) is 0 Å². The van der Waals surface area contributed by atoms with E-state index in [0.717, 1.165) is 6.61 Å². The van der Waals surface area contributed by atoms with Gasteiger partial charge in [0.1, 0.15) is 0 Å². The number of nitrogens with two attached hydrogens (primary N) is 1. The predicted molar refractivity (Wildman–Crippen MR) is 39.6 cm³/mol. The van der Waals surface area contributed by atoms with Crippen molar-refractivity contribution in [2.45, 2.75) is 6.10 Å². The molecule has 0 saturated carbocycles. The van der Waals surface area contributed by atoms with Crippen LogP contribution in [0.1, 0.15) is 0 Å². The van der Waals surface area contributed by atoms with Crippen molar-refractivity contribution in [2.24, 2.45) is 5.73 Å². The third-order valence-electron chi connectivity index (χ3n) is 1.16. The van der Waals surface area contributed by atoms with E-state index >= 15 is 0 Å². The molecule has 0 radical (unpaired) electrons. The zero-order chi connectivity index (χ0) is 7.23. The van der Waals surface area contributed by atoms with Crippen LogP contribution in [0.4, 0.5) is 0 Å². The maximum Gasteiger partial charge on any atom is 0.0931 e. The predicted octanol–water partition coefficient (Wildman–Crippen LogP) is 0.359.